The van der Waals surface area contributed by atoms with E-state index in [0.717, 1.165) is 42.8 Å². The summed E-state index contributed by atoms with van der Waals surface area (Å²) in [5.41, 5.74) is 2.32. The number of carbonyl (C=O) groups is 1. The van der Waals surface area contributed by atoms with Gasteiger partial charge in [0.1, 0.15) is 17.9 Å². The first-order chi connectivity index (χ1) is 9.49. The molecule has 1 aliphatic rings. The maximum atomic E-state index is 11.0. The average molecular weight is 277 g/mol. The number of benzene rings is 1. The highest BCUT2D eigenvalue weighted by Crippen LogP contribution is 2.26. The van der Waals surface area contributed by atoms with Gasteiger partial charge < -0.3 is 9.84 Å². The molecule has 0 aromatic heterocycles. The Morgan fingerprint density at radius 2 is 1.85 bits per heavy atom. The van der Waals surface area contributed by atoms with Gasteiger partial charge in [-0.25, -0.2) is 0 Å². The topological polar surface area (TPSA) is 49.8 Å². The molecule has 0 bridgehead atoms. The molecule has 1 aromatic carbocycles. The van der Waals surface area contributed by atoms with Crippen molar-refractivity contribution < 1.29 is 14.6 Å². The van der Waals surface area contributed by atoms with E-state index in [9.17, 15) is 4.79 Å². The van der Waals surface area contributed by atoms with Crippen LogP contribution in [-0.4, -0.2) is 41.2 Å². The van der Waals surface area contributed by atoms with Crippen molar-refractivity contribution in [2.24, 2.45) is 0 Å². The summed E-state index contributed by atoms with van der Waals surface area (Å²) in [6, 6.07) is 5.75. The second-order valence-electron chi connectivity index (χ2n) is 5.59. The Hall–Kier alpha value is -1.55. The van der Waals surface area contributed by atoms with Crippen molar-refractivity contribution in [1.82, 2.24) is 4.90 Å². The minimum absolute atomic E-state index is 0.187. The molecule has 1 fully saturated rings. The molecule has 4 nitrogen and oxygen atoms in total. The van der Waals surface area contributed by atoms with Crippen molar-refractivity contribution in [3.05, 3.63) is 29.3 Å². The number of carboxylic acids is 1. The van der Waals surface area contributed by atoms with Gasteiger partial charge in [-0.15, -0.1) is 0 Å². The normalized spacial score (nSPS) is 18.8. The number of rotatable bonds is 4. The molecule has 1 saturated heterocycles. The average Bonchev–Trinajstić information content (AvgIpc) is 2.43. The Kier molecular flexibility index (Phi) is 4.65. The van der Waals surface area contributed by atoms with E-state index in [4.69, 9.17) is 9.84 Å². The lowest BCUT2D eigenvalue weighted by Crippen LogP contribution is -2.46. The molecule has 1 aromatic rings. The van der Waals surface area contributed by atoms with E-state index in [-0.39, 0.29) is 6.10 Å². The van der Waals surface area contributed by atoms with E-state index in [2.05, 4.69) is 26.0 Å². The fourth-order valence-electron chi connectivity index (χ4n) is 2.69. The monoisotopic (exact) mass is 277 g/mol. The number of aryl methyl sites for hydroxylation is 2. The van der Waals surface area contributed by atoms with Crippen LogP contribution in [-0.2, 0) is 4.79 Å². The second kappa shape index (κ2) is 6.27. The zero-order chi connectivity index (χ0) is 14.7. The van der Waals surface area contributed by atoms with Gasteiger partial charge in [0.15, 0.2) is 0 Å². The molecule has 0 amide bonds. The van der Waals surface area contributed by atoms with E-state index < -0.39 is 12.0 Å². The Labute approximate surface area is 120 Å². The molecule has 1 atom stereocenters. The molecule has 1 aliphatic heterocycles. The van der Waals surface area contributed by atoms with Crippen molar-refractivity contribution in [2.75, 3.05) is 13.1 Å². The summed E-state index contributed by atoms with van der Waals surface area (Å²) in [5, 5.41) is 9.04. The fourth-order valence-corrected chi connectivity index (χ4v) is 2.69. The van der Waals surface area contributed by atoms with Gasteiger partial charge in [-0.3, -0.25) is 9.69 Å². The number of carboxylic acid groups (broad SMARTS) is 1. The molecule has 0 radical (unpaired) electrons. The first-order valence-corrected chi connectivity index (χ1v) is 7.18. The summed E-state index contributed by atoms with van der Waals surface area (Å²) in [6.07, 6.45) is 1.95. The van der Waals surface area contributed by atoms with Crippen molar-refractivity contribution in [2.45, 2.75) is 45.8 Å². The van der Waals surface area contributed by atoms with E-state index in [1.165, 1.54) is 0 Å². The zero-order valence-corrected chi connectivity index (χ0v) is 12.4. The summed E-state index contributed by atoms with van der Waals surface area (Å²) in [4.78, 5) is 13.0. The van der Waals surface area contributed by atoms with Crippen molar-refractivity contribution in [3.8, 4) is 5.75 Å². The summed E-state index contributed by atoms with van der Waals surface area (Å²) < 4.78 is 6.13. The number of ether oxygens (including phenoxy) is 1. The van der Waals surface area contributed by atoms with Crippen LogP contribution in [0, 0.1) is 13.8 Å². The number of nitrogens with zero attached hydrogens (tertiary/aromatic N) is 1. The molecule has 1 unspecified atom stereocenters. The van der Waals surface area contributed by atoms with Crippen LogP contribution in [0.15, 0.2) is 18.2 Å². The largest absolute Gasteiger partial charge is 0.490 e. The number of aliphatic carboxylic acids is 1. The summed E-state index contributed by atoms with van der Waals surface area (Å²) >= 11 is 0. The predicted octanol–water partition coefficient (Wildman–Crippen LogP) is 2.62. The van der Waals surface area contributed by atoms with Crippen molar-refractivity contribution in [3.63, 3.8) is 0 Å². The summed E-state index contributed by atoms with van der Waals surface area (Å²) in [5.74, 6) is 0.233. The van der Waals surface area contributed by atoms with Gasteiger partial charge in [-0.2, -0.15) is 0 Å². The third kappa shape index (κ3) is 3.31. The van der Waals surface area contributed by atoms with Crippen LogP contribution in [0.25, 0.3) is 0 Å². The molecule has 1 heterocycles. The quantitative estimate of drug-likeness (QED) is 0.919. The lowest BCUT2D eigenvalue weighted by atomic mass is 10.0. The van der Waals surface area contributed by atoms with Gasteiger partial charge in [0.2, 0.25) is 0 Å². The van der Waals surface area contributed by atoms with Crippen molar-refractivity contribution >= 4 is 5.97 Å². The van der Waals surface area contributed by atoms with E-state index in [0.29, 0.717) is 0 Å². The van der Waals surface area contributed by atoms with Gasteiger partial charge in [0, 0.05) is 13.1 Å². The van der Waals surface area contributed by atoms with E-state index in [1.807, 2.05) is 11.0 Å². The first kappa shape index (κ1) is 14.9. The Morgan fingerprint density at radius 1 is 1.30 bits per heavy atom. The molecule has 20 heavy (non-hydrogen) atoms. The third-order valence-corrected chi connectivity index (χ3v) is 4.07. The van der Waals surface area contributed by atoms with Crippen LogP contribution in [0.1, 0.15) is 30.9 Å². The van der Waals surface area contributed by atoms with Crippen LogP contribution in [0.4, 0.5) is 0 Å². The first-order valence-electron chi connectivity index (χ1n) is 7.18. The Balaban J connectivity index is 1.93. The van der Waals surface area contributed by atoms with Crippen LogP contribution in [0.5, 0.6) is 5.75 Å². The smallest absolute Gasteiger partial charge is 0.320 e. The predicted molar refractivity (Wildman–Crippen MR) is 78.2 cm³/mol. The lowest BCUT2D eigenvalue weighted by Gasteiger charge is -2.34. The minimum Gasteiger partial charge on any atom is -0.490 e. The van der Waals surface area contributed by atoms with E-state index >= 15 is 0 Å². The molecule has 2 rings (SSSR count). The number of para-hydroxylation sites is 1. The van der Waals surface area contributed by atoms with E-state index in [1.54, 1.807) is 6.92 Å². The van der Waals surface area contributed by atoms with Gasteiger partial charge in [0.05, 0.1) is 0 Å². The van der Waals surface area contributed by atoms with Gasteiger partial charge >= 0.3 is 5.97 Å². The highest BCUT2D eigenvalue weighted by molar-refractivity contribution is 5.72. The number of likely N-dealkylation sites (tertiary alicyclic amines) is 1. The zero-order valence-electron chi connectivity index (χ0n) is 12.4. The highest BCUT2D eigenvalue weighted by Gasteiger charge is 2.27. The molecule has 4 heteroatoms. The molecular weight excluding hydrogens is 254 g/mol. The Bertz CT molecular complexity index is 458. The van der Waals surface area contributed by atoms with Crippen LogP contribution in [0.2, 0.25) is 0 Å². The molecular formula is C16H23NO3. The van der Waals surface area contributed by atoms with Gasteiger partial charge in [-0.1, -0.05) is 18.2 Å². The number of hydrogen-bond acceptors (Lipinski definition) is 3. The Morgan fingerprint density at radius 3 is 2.35 bits per heavy atom. The SMILES string of the molecule is Cc1cccc(C)c1OC1CCN(C(C)C(=O)O)CC1. The molecule has 0 saturated carbocycles. The highest BCUT2D eigenvalue weighted by atomic mass is 16.5. The van der Waals surface area contributed by atoms with Crippen LogP contribution >= 0.6 is 0 Å². The number of piperidine rings is 1. The van der Waals surface area contributed by atoms with Crippen LogP contribution < -0.4 is 4.74 Å². The third-order valence-electron chi connectivity index (χ3n) is 4.07. The van der Waals surface area contributed by atoms with Crippen LogP contribution in [0.3, 0.4) is 0 Å². The molecule has 0 aliphatic carbocycles. The molecule has 110 valence electrons. The maximum absolute atomic E-state index is 11.0. The second-order valence-corrected chi connectivity index (χ2v) is 5.59. The lowest BCUT2D eigenvalue weighted by molar-refractivity contribution is -0.143. The fraction of sp³-hybridized carbons (Fsp3) is 0.562. The summed E-state index contributed by atoms with van der Waals surface area (Å²) in [7, 11) is 0. The summed E-state index contributed by atoms with van der Waals surface area (Å²) in [6.45, 7) is 7.43. The van der Waals surface area contributed by atoms with Gasteiger partial charge in [0.25, 0.3) is 0 Å². The standard InChI is InChI=1S/C16H23NO3/c1-11-5-4-6-12(2)15(11)20-14-7-9-17(10-8-14)13(3)16(18)19/h4-6,13-14H,7-10H2,1-3H3,(H,18,19). The molecule has 1 N–H and O–H groups in total. The molecule has 0 spiro atoms. The maximum Gasteiger partial charge on any atom is 0.320 e. The van der Waals surface area contributed by atoms with Gasteiger partial charge in [-0.05, 0) is 44.7 Å². The minimum atomic E-state index is -0.751. The van der Waals surface area contributed by atoms with Crippen molar-refractivity contribution in [1.29, 1.82) is 0 Å². The number of hydrogen-bond donors (Lipinski definition) is 1.